The summed E-state index contributed by atoms with van der Waals surface area (Å²) in [5.74, 6) is -13.2. The summed E-state index contributed by atoms with van der Waals surface area (Å²) < 4.78 is 56.4. The van der Waals surface area contributed by atoms with Crippen molar-refractivity contribution in [3.05, 3.63) is 197 Å². The van der Waals surface area contributed by atoms with Crippen molar-refractivity contribution in [3.63, 3.8) is 0 Å². The van der Waals surface area contributed by atoms with E-state index in [1.807, 2.05) is 24.3 Å². The number of rotatable bonds is 35. The third-order valence-corrected chi connectivity index (χ3v) is 28.1. The Morgan fingerprint density at radius 2 is 0.944 bits per heavy atom. The van der Waals surface area contributed by atoms with Gasteiger partial charge in [0, 0.05) is 183 Å². The number of hydrogen-bond donors (Lipinski definition) is 8. The quantitative estimate of drug-likeness (QED) is 0.00926. The number of benzene rings is 4. The minimum atomic E-state index is -2.03. The van der Waals surface area contributed by atoms with Crippen molar-refractivity contribution >= 4 is 116 Å². The number of anilines is 2. The van der Waals surface area contributed by atoms with Crippen LogP contribution in [0.1, 0.15) is 140 Å². The van der Waals surface area contributed by atoms with Gasteiger partial charge >= 0.3 is 11.9 Å². The van der Waals surface area contributed by atoms with Crippen LogP contribution in [-0.4, -0.2) is 283 Å². The van der Waals surface area contributed by atoms with Gasteiger partial charge in [-0.3, -0.25) is 86.7 Å². The largest absolute Gasteiger partial charge is 0.494 e. The molecule has 0 radical (unpaired) electrons. The Labute approximate surface area is 813 Å². The Morgan fingerprint density at radius 1 is 0.542 bits per heavy atom. The number of ether oxygens (including phenoxy) is 4. The zero-order valence-electron chi connectivity index (χ0n) is 80.1. The molecule has 8 aliphatic heterocycles. The zero-order valence-corrected chi connectivity index (χ0v) is 80.1. The number of aliphatic hydroxyl groups is 2. The first-order valence-electron chi connectivity index (χ1n) is 47.1. The molecule has 0 aliphatic carbocycles. The molecule has 40 nitrogen and oxygen atoms in total. The van der Waals surface area contributed by atoms with Crippen molar-refractivity contribution in [2.75, 3.05) is 118 Å². The summed E-state index contributed by atoms with van der Waals surface area (Å²) in [5, 5.41) is 40.5. The number of carbonyl (C=O) groups is 14. The van der Waals surface area contributed by atoms with Gasteiger partial charge in [-0.2, -0.15) is 0 Å². The summed E-state index contributed by atoms with van der Waals surface area (Å²) in [6.07, 6.45) is 4.64. The molecule has 4 aromatic carbocycles. The standard InChI is InChI=1S/C100H110F2N18O22/c1-10-100(138)72-40-78-92-69(46-114(78)97(135)71(72)54-142-99(100)137)67(64-39-80(140-9)74(102)42-76(64)110-92)44-112-35-29-62(30-36-112)120(6,7)52-58-17-21-60(22-18-58)108-95(133)56(3)106-82(122)14-12-32-104-84(124)48-118(90(130)50-116-87(127)25-26-88(116)128)117(89(129)49-115-85(125)23-24-86(115)126)47-83(123)103-31-11-13-81(121)105-55(2)94(132)107-59-19-15-57(16-20-59)51-119(4,5)61-27-33-111(34-28-61)43-66-63-38-79(139-8)73(101)41-75(63)109-91-68(66)45-113-77(91)37-65-70(96(113)134)53-141-98(136)93(65)131/h15-26,37-42,55-56,61-62,93,131,138H,10-14,27-36,43-54H2,1-9H3,(H4-2,103,104,105,106,107,108,121,122,123,124,132,133)/p+2/t55-,56-,93-,100-/m0/s1. The number of aromatic nitrogens is 4. The van der Waals surface area contributed by atoms with Crippen LogP contribution in [0.2, 0.25) is 0 Å². The maximum absolute atomic E-state index is 15.4. The number of halogens is 2. The van der Waals surface area contributed by atoms with E-state index in [4.69, 9.17) is 28.9 Å². The number of fused-ring (bicyclic) bond motifs is 10. The number of piperidine rings is 2. The highest BCUT2D eigenvalue weighted by molar-refractivity contribution is 6.16. The predicted molar refractivity (Wildman–Crippen MR) is 506 cm³/mol. The van der Waals surface area contributed by atoms with Crippen LogP contribution in [0.3, 0.4) is 0 Å². The lowest BCUT2D eigenvalue weighted by Crippen LogP contribution is -2.60. The molecule has 8 aromatic rings. The fourth-order valence-electron chi connectivity index (χ4n) is 20.0. The number of nitrogens with zero attached hydrogens (tertiary/aromatic N) is 12. The maximum Gasteiger partial charge on any atom is 0.343 e. The summed E-state index contributed by atoms with van der Waals surface area (Å²) >= 11 is 0. The highest BCUT2D eigenvalue weighted by Crippen LogP contribution is 2.45. The van der Waals surface area contributed by atoms with Crippen LogP contribution in [0.15, 0.2) is 119 Å². The number of amides is 12. The van der Waals surface area contributed by atoms with Crippen LogP contribution >= 0.6 is 0 Å². The molecule has 8 N–H and O–H groups in total. The van der Waals surface area contributed by atoms with Crippen molar-refractivity contribution in [3.8, 4) is 34.3 Å². The van der Waals surface area contributed by atoms with E-state index in [-0.39, 0.29) is 117 Å². The molecule has 0 spiro atoms. The summed E-state index contributed by atoms with van der Waals surface area (Å²) in [6.45, 7) is 4.71. The average molecular weight is 1960 g/mol. The lowest BCUT2D eigenvalue weighted by atomic mass is 9.86. The van der Waals surface area contributed by atoms with Gasteiger partial charge in [0.25, 0.3) is 46.6 Å². The third kappa shape index (κ3) is 20.9. The Kier molecular flexibility index (Phi) is 29.1. The molecule has 12 amide bonds. The van der Waals surface area contributed by atoms with E-state index in [2.05, 4.69) is 69.9 Å². The molecule has 746 valence electrons. The molecule has 4 aromatic heterocycles. The van der Waals surface area contributed by atoms with Gasteiger partial charge in [-0.1, -0.05) is 31.2 Å². The summed E-state index contributed by atoms with van der Waals surface area (Å²) in [7, 11) is 11.4. The molecular formula is C100H112F2N18O22+2. The van der Waals surface area contributed by atoms with Crippen molar-refractivity contribution in [1.82, 2.24) is 70.0 Å². The molecule has 0 saturated carbocycles. The van der Waals surface area contributed by atoms with Crippen molar-refractivity contribution in [2.45, 2.75) is 167 Å². The number of likely N-dealkylation sites (tertiary alicyclic amines) is 2. The van der Waals surface area contributed by atoms with Crippen LogP contribution in [0.4, 0.5) is 20.2 Å². The van der Waals surface area contributed by atoms with Gasteiger partial charge in [0.2, 0.25) is 35.4 Å². The summed E-state index contributed by atoms with van der Waals surface area (Å²) in [6, 6.07) is 22.2. The Bertz CT molecular complexity index is 6610. The normalized spacial score (nSPS) is 17.7. The lowest BCUT2D eigenvalue weighted by Gasteiger charge is -2.43. The smallest absolute Gasteiger partial charge is 0.343 e. The van der Waals surface area contributed by atoms with E-state index >= 15 is 8.78 Å². The first kappa shape index (κ1) is 100. The Hall–Kier alpha value is -14.7. The second-order valence-corrected chi connectivity index (χ2v) is 38.2. The van der Waals surface area contributed by atoms with Gasteiger partial charge in [-0.05, 0) is 92.8 Å². The van der Waals surface area contributed by atoms with Crippen molar-refractivity contribution in [1.29, 1.82) is 0 Å². The van der Waals surface area contributed by atoms with Crippen LogP contribution in [0, 0.1) is 11.6 Å². The molecule has 8 aliphatic rings. The van der Waals surface area contributed by atoms with E-state index in [1.165, 1.54) is 40.2 Å². The number of imide groups is 2. The number of nitrogens with one attached hydrogen (secondary N) is 6. The first-order chi connectivity index (χ1) is 67.7. The molecular weight excluding hydrogens is 1840 g/mol. The van der Waals surface area contributed by atoms with Gasteiger partial charge in [0.05, 0.1) is 113 Å². The number of hydrogen-bond acceptors (Lipinski definition) is 26. The van der Waals surface area contributed by atoms with E-state index in [1.54, 1.807) is 64.6 Å². The highest BCUT2D eigenvalue weighted by atomic mass is 19.1. The van der Waals surface area contributed by atoms with E-state index in [0.29, 0.717) is 137 Å². The Morgan fingerprint density at radius 3 is 1.35 bits per heavy atom. The topological polar surface area (TPSA) is 478 Å². The second kappa shape index (κ2) is 41.2. The van der Waals surface area contributed by atoms with Crippen LogP contribution < -0.4 is 52.5 Å². The third-order valence-electron chi connectivity index (χ3n) is 28.1. The molecule has 2 saturated heterocycles. The molecule has 0 bridgehead atoms. The number of methoxy groups -OCH3 is 2. The minimum Gasteiger partial charge on any atom is -0.494 e. The van der Waals surface area contributed by atoms with Gasteiger partial charge in [0.15, 0.2) is 34.8 Å². The van der Waals surface area contributed by atoms with Gasteiger partial charge in [0.1, 0.15) is 64.6 Å². The monoisotopic (exact) mass is 1950 g/mol. The van der Waals surface area contributed by atoms with Crippen LogP contribution in [0.5, 0.6) is 11.5 Å². The van der Waals surface area contributed by atoms with Gasteiger partial charge in [-0.25, -0.2) is 38.4 Å². The average Bonchev–Trinajstić information content (AvgIpc) is 1.56. The summed E-state index contributed by atoms with van der Waals surface area (Å²) in [5.41, 5.74) is 6.48. The maximum atomic E-state index is 15.4. The molecule has 12 heterocycles. The molecule has 4 atom stereocenters. The summed E-state index contributed by atoms with van der Waals surface area (Å²) in [4.78, 5) is 230. The number of aliphatic hydroxyl groups excluding tert-OH is 1. The number of quaternary nitrogens is 2. The molecule has 2 fully saturated rings. The highest BCUT2D eigenvalue weighted by Gasteiger charge is 2.48. The number of hydrazine groups is 1. The van der Waals surface area contributed by atoms with Gasteiger partial charge < -0.3 is 79.2 Å². The van der Waals surface area contributed by atoms with Crippen LogP contribution in [-0.2, 0) is 135 Å². The predicted octanol–water partition coefficient (Wildman–Crippen LogP) is 3.49. The van der Waals surface area contributed by atoms with E-state index in [0.717, 1.165) is 83.4 Å². The van der Waals surface area contributed by atoms with E-state index < -0.39 is 156 Å². The SMILES string of the molecule is CC[C@@]1(O)C(=O)OCc2c1cc1n(c2=O)Cc2c-1nc1cc(F)c(OC)cc1c2CN1CCC([N+](C)(C)Cc2ccc(NC(=O)[C@H](C)NC(=O)CCCNC(=O)CN(C(=O)CN3C(=O)C=CC3=O)N(CC(=O)NCCCC(=O)N[C@@H](C)C(=O)Nc3ccc(C[N+](C)(C)C4CCN(Cc5c6c(nc7cc(F)c(OC)cc57)-c5cc7c(c(=O)n5C6)COC(=O)[C@H]7O)CC4)cc3)C(=O)CN3C(=O)C=CC3=O)cc2)CC1. The number of esters is 2. The molecule has 0 unspecified atom stereocenters. The molecule has 142 heavy (non-hydrogen) atoms. The number of carbonyl (C=O) groups excluding carboxylic acids is 14. The van der Waals surface area contributed by atoms with Crippen molar-refractivity contribution in [2.24, 2.45) is 0 Å². The van der Waals surface area contributed by atoms with Gasteiger partial charge in [-0.15, -0.1) is 0 Å². The van der Waals surface area contributed by atoms with E-state index in [9.17, 15) is 86.9 Å². The molecule has 16 rings (SSSR count). The minimum absolute atomic E-state index is 0.0245. The fourth-order valence-corrected chi connectivity index (χ4v) is 20.0. The molecule has 42 heteroatoms. The van der Waals surface area contributed by atoms with Crippen LogP contribution in [0.25, 0.3) is 44.6 Å². The zero-order chi connectivity index (χ0) is 101. The fraction of sp³-hybridized carbons (Fsp3) is 0.420. The second-order valence-electron chi connectivity index (χ2n) is 38.2. The Balaban J connectivity index is 0.471. The first-order valence-corrected chi connectivity index (χ1v) is 47.1. The number of pyridine rings is 4. The number of cyclic esters (lactones) is 2. The van der Waals surface area contributed by atoms with Crippen molar-refractivity contribution < 1.29 is 114 Å². The lowest BCUT2D eigenvalue weighted by molar-refractivity contribution is -0.929.